The van der Waals surface area contributed by atoms with Gasteiger partial charge >= 0.3 is 0 Å². The van der Waals surface area contributed by atoms with Crippen molar-refractivity contribution in [3.05, 3.63) is 35.4 Å². The second kappa shape index (κ2) is 6.51. The lowest BCUT2D eigenvalue weighted by Gasteiger charge is -2.21. The van der Waals surface area contributed by atoms with Crippen LogP contribution < -0.4 is 0 Å². The van der Waals surface area contributed by atoms with Crippen molar-refractivity contribution in [3.8, 4) is 6.07 Å². The molecule has 1 N–H and O–H groups in total. The summed E-state index contributed by atoms with van der Waals surface area (Å²) in [4.78, 5) is 15.2. The number of rotatable bonds is 2. The Morgan fingerprint density at radius 3 is 2.95 bits per heavy atom. The van der Waals surface area contributed by atoms with Gasteiger partial charge in [-0.05, 0) is 17.7 Å². The first-order valence-corrected chi connectivity index (χ1v) is 6.73. The summed E-state index contributed by atoms with van der Waals surface area (Å²) in [5, 5.41) is 18.9. The zero-order valence-corrected chi connectivity index (χ0v) is 11.6. The molecule has 2 rings (SSSR count). The van der Waals surface area contributed by atoms with E-state index >= 15 is 0 Å². The van der Waals surface area contributed by atoms with Crippen molar-refractivity contribution in [2.75, 3.05) is 26.2 Å². The van der Waals surface area contributed by atoms with Crippen LogP contribution in [0.4, 0.5) is 0 Å². The zero-order chi connectivity index (χ0) is 14.5. The van der Waals surface area contributed by atoms with E-state index in [0.29, 0.717) is 31.7 Å². The second-order valence-electron chi connectivity index (χ2n) is 5.17. The van der Waals surface area contributed by atoms with Crippen molar-refractivity contribution in [3.63, 3.8) is 0 Å². The molecule has 0 aromatic heterocycles. The van der Waals surface area contributed by atoms with Gasteiger partial charge in [-0.15, -0.1) is 0 Å². The topological polar surface area (TPSA) is 67.6 Å². The molecule has 0 spiro atoms. The van der Waals surface area contributed by atoms with Crippen LogP contribution in [0.1, 0.15) is 18.1 Å². The van der Waals surface area contributed by atoms with Gasteiger partial charge in [0.2, 0.25) is 5.91 Å². The summed E-state index contributed by atoms with van der Waals surface area (Å²) in [6, 6.07) is 9.60. The van der Waals surface area contributed by atoms with E-state index in [1.54, 1.807) is 11.0 Å². The highest BCUT2D eigenvalue weighted by atomic mass is 16.3. The van der Waals surface area contributed by atoms with Gasteiger partial charge in [-0.3, -0.25) is 9.69 Å². The Hall–Kier alpha value is -1.90. The van der Waals surface area contributed by atoms with Gasteiger partial charge in [0.25, 0.3) is 0 Å². The van der Waals surface area contributed by atoms with E-state index in [2.05, 4.69) is 11.0 Å². The minimum Gasteiger partial charge on any atom is -0.390 e. The van der Waals surface area contributed by atoms with E-state index in [-0.39, 0.29) is 5.91 Å². The lowest BCUT2D eigenvalue weighted by atomic mass is 10.1. The van der Waals surface area contributed by atoms with Gasteiger partial charge in [-0.2, -0.15) is 5.26 Å². The molecule has 1 aromatic rings. The Kier molecular flexibility index (Phi) is 4.72. The molecule has 0 bridgehead atoms. The standard InChI is InChI=1S/C15H19N3O2/c1-12(19)18-6-5-17(10-15(20)11-18)9-14-4-2-3-13(7-14)8-16/h2-4,7,15,20H,5-6,9-11H2,1H3/t15-/m0/s1. The molecule has 1 saturated heterocycles. The van der Waals surface area contributed by atoms with Crippen molar-refractivity contribution in [2.45, 2.75) is 19.6 Å². The Labute approximate surface area is 119 Å². The highest BCUT2D eigenvalue weighted by Gasteiger charge is 2.22. The molecule has 0 aliphatic carbocycles. The number of β-amino-alcohol motifs (C(OH)–C–C–N with tert-alkyl or cyclic N) is 1. The number of aliphatic hydroxyl groups excluding tert-OH is 1. The predicted molar refractivity (Wildman–Crippen MR) is 74.7 cm³/mol. The predicted octanol–water partition coefficient (Wildman–Crippen LogP) is 0.583. The van der Waals surface area contributed by atoms with E-state index in [0.717, 1.165) is 12.1 Å². The van der Waals surface area contributed by atoms with Gasteiger partial charge in [0.15, 0.2) is 0 Å². The molecule has 20 heavy (non-hydrogen) atoms. The third-order valence-corrected chi connectivity index (χ3v) is 3.49. The molecule has 1 aliphatic rings. The highest BCUT2D eigenvalue weighted by Crippen LogP contribution is 2.11. The van der Waals surface area contributed by atoms with Crippen LogP contribution in [0.5, 0.6) is 0 Å². The number of nitriles is 1. The Morgan fingerprint density at radius 2 is 2.25 bits per heavy atom. The van der Waals surface area contributed by atoms with Crippen molar-refractivity contribution < 1.29 is 9.90 Å². The molecule has 1 aromatic carbocycles. The number of carbonyl (C=O) groups is 1. The molecule has 0 radical (unpaired) electrons. The minimum atomic E-state index is -0.527. The van der Waals surface area contributed by atoms with Crippen molar-refractivity contribution in [1.29, 1.82) is 5.26 Å². The maximum absolute atomic E-state index is 11.4. The summed E-state index contributed by atoms with van der Waals surface area (Å²) in [5.41, 5.74) is 1.69. The highest BCUT2D eigenvalue weighted by molar-refractivity contribution is 5.73. The molecule has 5 nitrogen and oxygen atoms in total. The number of amides is 1. The number of carbonyl (C=O) groups excluding carboxylic acids is 1. The number of aliphatic hydroxyl groups is 1. The van der Waals surface area contributed by atoms with E-state index in [9.17, 15) is 9.90 Å². The van der Waals surface area contributed by atoms with E-state index < -0.39 is 6.10 Å². The summed E-state index contributed by atoms with van der Waals surface area (Å²) < 4.78 is 0. The number of hydrogen-bond acceptors (Lipinski definition) is 4. The van der Waals surface area contributed by atoms with Gasteiger partial charge in [0, 0.05) is 39.6 Å². The number of nitrogens with zero attached hydrogens (tertiary/aromatic N) is 3. The first kappa shape index (κ1) is 14.5. The molecule has 0 saturated carbocycles. The fourth-order valence-electron chi connectivity index (χ4n) is 2.48. The molecule has 1 atom stereocenters. The Balaban J connectivity index is 2.02. The molecule has 1 heterocycles. The number of benzene rings is 1. The van der Waals surface area contributed by atoms with Crippen LogP contribution in [0.25, 0.3) is 0 Å². The number of hydrogen-bond donors (Lipinski definition) is 1. The molecule has 1 amide bonds. The first-order chi connectivity index (χ1) is 9.58. The van der Waals surface area contributed by atoms with Crippen LogP contribution in [0.15, 0.2) is 24.3 Å². The summed E-state index contributed by atoms with van der Waals surface area (Å²) >= 11 is 0. The smallest absolute Gasteiger partial charge is 0.219 e. The minimum absolute atomic E-state index is 0.00243. The van der Waals surface area contributed by atoms with Gasteiger partial charge in [0.05, 0.1) is 17.7 Å². The monoisotopic (exact) mass is 273 g/mol. The molecule has 0 unspecified atom stereocenters. The molecule has 1 aliphatic heterocycles. The van der Waals surface area contributed by atoms with Crippen molar-refractivity contribution >= 4 is 5.91 Å². The summed E-state index contributed by atoms with van der Waals surface area (Å²) in [6.45, 7) is 4.50. The van der Waals surface area contributed by atoms with Gasteiger partial charge in [0.1, 0.15) is 0 Å². The van der Waals surface area contributed by atoms with E-state index in [1.165, 1.54) is 6.92 Å². The van der Waals surface area contributed by atoms with Gasteiger partial charge in [-0.1, -0.05) is 12.1 Å². The van der Waals surface area contributed by atoms with Crippen molar-refractivity contribution in [1.82, 2.24) is 9.80 Å². The molecular weight excluding hydrogens is 254 g/mol. The van der Waals surface area contributed by atoms with Gasteiger partial charge in [-0.25, -0.2) is 0 Å². The fourth-order valence-corrected chi connectivity index (χ4v) is 2.48. The van der Waals surface area contributed by atoms with Crippen LogP contribution in [-0.4, -0.2) is 53.1 Å². The lowest BCUT2D eigenvalue weighted by Crippen LogP contribution is -2.36. The van der Waals surface area contributed by atoms with E-state index in [1.807, 2.05) is 18.2 Å². The average Bonchev–Trinajstić information content (AvgIpc) is 2.60. The average molecular weight is 273 g/mol. The maximum Gasteiger partial charge on any atom is 0.219 e. The summed E-state index contributed by atoms with van der Waals surface area (Å²) in [7, 11) is 0. The van der Waals surface area contributed by atoms with Crippen molar-refractivity contribution in [2.24, 2.45) is 0 Å². The summed E-state index contributed by atoms with van der Waals surface area (Å²) in [6.07, 6.45) is -0.527. The molecule has 1 fully saturated rings. The Bertz CT molecular complexity index is 524. The molecular formula is C15H19N3O2. The third kappa shape index (κ3) is 3.80. The normalized spacial score (nSPS) is 20.2. The van der Waals surface area contributed by atoms with Crippen LogP contribution in [0.3, 0.4) is 0 Å². The Morgan fingerprint density at radius 1 is 1.45 bits per heavy atom. The molecule has 106 valence electrons. The van der Waals surface area contributed by atoms with Gasteiger partial charge < -0.3 is 10.0 Å². The van der Waals surface area contributed by atoms with Crippen LogP contribution in [0, 0.1) is 11.3 Å². The fraction of sp³-hybridized carbons (Fsp3) is 0.467. The zero-order valence-electron chi connectivity index (χ0n) is 11.6. The van der Waals surface area contributed by atoms with E-state index in [4.69, 9.17) is 5.26 Å². The molecule has 5 heteroatoms. The second-order valence-corrected chi connectivity index (χ2v) is 5.17. The third-order valence-electron chi connectivity index (χ3n) is 3.49. The SMILES string of the molecule is CC(=O)N1CCN(Cc2cccc(C#N)c2)C[C@H](O)C1. The summed E-state index contributed by atoms with van der Waals surface area (Å²) in [5.74, 6) is -0.00243. The van der Waals surface area contributed by atoms with Crippen LogP contribution in [-0.2, 0) is 11.3 Å². The van der Waals surface area contributed by atoms with Crippen LogP contribution >= 0.6 is 0 Å². The quantitative estimate of drug-likeness (QED) is 0.856. The maximum atomic E-state index is 11.4. The first-order valence-electron chi connectivity index (χ1n) is 6.73. The lowest BCUT2D eigenvalue weighted by molar-refractivity contribution is -0.129. The van der Waals surface area contributed by atoms with Crippen LogP contribution in [0.2, 0.25) is 0 Å². The largest absolute Gasteiger partial charge is 0.390 e.